The van der Waals surface area contributed by atoms with Crippen LogP contribution in [-0.2, 0) is 11.2 Å². The molecule has 2 heteroatoms. The molecule has 0 aliphatic carbocycles. The van der Waals surface area contributed by atoms with Gasteiger partial charge in [-0.15, -0.1) is 0 Å². The zero-order valence-corrected chi connectivity index (χ0v) is 11.7. The molecule has 0 spiro atoms. The summed E-state index contributed by atoms with van der Waals surface area (Å²) in [6.07, 6.45) is 0.956. The second-order valence-corrected chi connectivity index (χ2v) is 4.69. The number of aryl methyl sites for hydroxylation is 1. The Balaban J connectivity index is 2.11. The van der Waals surface area contributed by atoms with Gasteiger partial charge in [0.05, 0.1) is 13.2 Å². The van der Waals surface area contributed by atoms with Crippen molar-refractivity contribution < 1.29 is 9.47 Å². The van der Waals surface area contributed by atoms with Crippen LogP contribution in [0.3, 0.4) is 0 Å². The molecular formula is C17H20O2. The van der Waals surface area contributed by atoms with Gasteiger partial charge in [0.1, 0.15) is 5.75 Å². The van der Waals surface area contributed by atoms with Crippen molar-refractivity contribution in [2.75, 3.05) is 14.2 Å². The topological polar surface area (TPSA) is 18.5 Å². The first-order valence-electron chi connectivity index (χ1n) is 6.45. The predicted molar refractivity (Wildman–Crippen MR) is 77.6 cm³/mol. The quantitative estimate of drug-likeness (QED) is 0.807. The van der Waals surface area contributed by atoms with E-state index >= 15 is 0 Å². The first-order valence-corrected chi connectivity index (χ1v) is 6.45. The molecule has 19 heavy (non-hydrogen) atoms. The molecule has 0 aromatic heterocycles. The summed E-state index contributed by atoms with van der Waals surface area (Å²) in [5.41, 5.74) is 3.72. The maximum Gasteiger partial charge on any atom is 0.118 e. The number of benzene rings is 2. The summed E-state index contributed by atoms with van der Waals surface area (Å²) in [7, 11) is 3.44. The number of hydrogen-bond donors (Lipinski definition) is 0. The van der Waals surface area contributed by atoms with Crippen molar-refractivity contribution in [3.05, 3.63) is 65.2 Å². The summed E-state index contributed by atoms with van der Waals surface area (Å²) in [5, 5.41) is 0. The molecule has 0 fully saturated rings. The Morgan fingerprint density at radius 3 is 2.05 bits per heavy atom. The summed E-state index contributed by atoms with van der Waals surface area (Å²) in [6, 6.07) is 16.6. The third-order valence-electron chi connectivity index (χ3n) is 3.31. The monoisotopic (exact) mass is 256 g/mol. The molecule has 0 bridgehead atoms. The van der Waals surface area contributed by atoms with Crippen molar-refractivity contribution in [3.63, 3.8) is 0 Å². The fourth-order valence-corrected chi connectivity index (χ4v) is 2.09. The Labute approximate surface area is 115 Å². The highest BCUT2D eigenvalue weighted by Gasteiger charge is 2.11. The van der Waals surface area contributed by atoms with Crippen LogP contribution in [0.15, 0.2) is 48.5 Å². The Morgan fingerprint density at radius 2 is 1.53 bits per heavy atom. The smallest absolute Gasteiger partial charge is 0.118 e. The lowest BCUT2D eigenvalue weighted by atomic mass is 10.0. The van der Waals surface area contributed by atoms with Crippen LogP contribution in [0.2, 0.25) is 0 Å². The summed E-state index contributed by atoms with van der Waals surface area (Å²) >= 11 is 0. The van der Waals surface area contributed by atoms with E-state index in [1.165, 1.54) is 16.7 Å². The third kappa shape index (κ3) is 3.58. The second-order valence-electron chi connectivity index (χ2n) is 4.69. The Kier molecular flexibility index (Phi) is 4.58. The van der Waals surface area contributed by atoms with Crippen molar-refractivity contribution in [1.29, 1.82) is 0 Å². The van der Waals surface area contributed by atoms with Crippen LogP contribution in [-0.4, -0.2) is 14.2 Å². The number of rotatable bonds is 5. The van der Waals surface area contributed by atoms with Crippen molar-refractivity contribution in [2.24, 2.45) is 0 Å². The molecule has 2 aromatic rings. The van der Waals surface area contributed by atoms with E-state index in [-0.39, 0.29) is 6.10 Å². The minimum absolute atomic E-state index is 0.0917. The molecule has 1 atom stereocenters. The molecule has 0 heterocycles. The first-order chi connectivity index (χ1) is 9.22. The van der Waals surface area contributed by atoms with Crippen LogP contribution in [0.5, 0.6) is 5.75 Å². The molecule has 0 saturated carbocycles. The lowest BCUT2D eigenvalue weighted by molar-refractivity contribution is 0.104. The van der Waals surface area contributed by atoms with Gasteiger partial charge in [0.2, 0.25) is 0 Å². The van der Waals surface area contributed by atoms with Crippen molar-refractivity contribution in [2.45, 2.75) is 19.4 Å². The van der Waals surface area contributed by atoms with E-state index in [9.17, 15) is 0 Å². The van der Waals surface area contributed by atoms with E-state index in [1.54, 1.807) is 14.2 Å². The van der Waals surface area contributed by atoms with Gasteiger partial charge < -0.3 is 9.47 Å². The molecule has 0 amide bonds. The van der Waals surface area contributed by atoms with Crippen molar-refractivity contribution >= 4 is 0 Å². The van der Waals surface area contributed by atoms with Gasteiger partial charge in [0, 0.05) is 13.5 Å². The van der Waals surface area contributed by atoms with Crippen molar-refractivity contribution in [3.8, 4) is 5.75 Å². The van der Waals surface area contributed by atoms with E-state index in [2.05, 4.69) is 43.3 Å². The van der Waals surface area contributed by atoms with Gasteiger partial charge in [-0.3, -0.25) is 0 Å². The van der Waals surface area contributed by atoms with Gasteiger partial charge in [0.15, 0.2) is 0 Å². The maximum absolute atomic E-state index is 5.61. The summed E-state index contributed by atoms with van der Waals surface area (Å²) in [5.74, 6) is 0.882. The van der Waals surface area contributed by atoms with Crippen LogP contribution in [0.1, 0.15) is 22.8 Å². The van der Waals surface area contributed by atoms with Crippen LogP contribution in [0, 0.1) is 6.92 Å². The average molecular weight is 256 g/mol. The summed E-state index contributed by atoms with van der Waals surface area (Å²) < 4.78 is 10.8. The zero-order chi connectivity index (χ0) is 13.7. The second kappa shape index (κ2) is 6.39. The molecule has 2 rings (SSSR count). The van der Waals surface area contributed by atoms with E-state index < -0.39 is 0 Å². The van der Waals surface area contributed by atoms with Crippen LogP contribution >= 0.6 is 0 Å². The van der Waals surface area contributed by atoms with Crippen LogP contribution in [0.4, 0.5) is 0 Å². The molecular weight excluding hydrogens is 236 g/mol. The average Bonchev–Trinajstić information content (AvgIpc) is 2.46. The number of methoxy groups -OCH3 is 2. The first kappa shape index (κ1) is 13.6. The lowest BCUT2D eigenvalue weighted by Gasteiger charge is -2.16. The van der Waals surface area contributed by atoms with E-state index in [0.29, 0.717) is 0 Å². The Morgan fingerprint density at radius 1 is 0.895 bits per heavy atom. The molecule has 100 valence electrons. The van der Waals surface area contributed by atoms with Gasteiger partial charge in [0.25, 0.3) is 0 Å². The highest BCUT2D eigenvalue weighted by molar-refractivity contribution is 5.29. The SMILES string of the molecule is COc1ccc(CC(OC)c2ccc(C)cc2)cc1. The molecule has 0 saturated heterocycles. The highest BCUT2D eigenvalue weighted by Crippen LogP contribution is 2.23. The Hall–Kier alpha value is -1.80. The van der Waals surface area contributed by atoms with Gasteiger partial charge in [-0.2, -0.15) is 0 Å². The number of hydrogen-bond acceptors (Lipinski definition) is 2. The van der Waals surface area contributed by atoms with Crippen LogP contribution in [0.25, 0.3) is 0 Å². The third-order valence-corrected chi connectivity index (χ3v) is 3.31. The van der Waals surface area contributed by atoms with E-state index in [1.807, 2.05) is 12.1 Å². The van der Waals surface area contributed by atoms with Gasteiger partial charge in [-0.1, -0.05) is 42.0 Å². The molecule has 2 aromatic carbocycles. The molecule has 0 N–H and O–H groups in total. The van der Waals surface area contributed by atoms with Crippen molar-refractivity contribution in [1.82, 2.24) is 0 Å². The number of ether oxygens (including phenoxy) is 2. The molecule has 0 radical (unpaired) electrons. The molecule has 0 aliphatic heterocycles. The highest BCUT2D eigenvalue weighted by atomic mass is 16.5. The maximum atomic E-state index is 5.61. The fourth-order valence-electron chi connectivity index (χ4n) is 2.09. The predicted octanol–water partition coefficient (Wildman–Crippen LogP) is 3.93. The molecule has 1 unspecified atom stereocenters. The van der Waals surface area contributed by atoms with Gasteiger partial charge in [-0.25, -0.2) is 0 Å². The van der Waals surface area contributed by atoms with E-state index in [4.69, 9.17) is 9.47 Å². The Bertz CT molecular complexity index is 500. The van der Waals surface area contributed by atoms with Gasteiger partial charge >= 0.3 is 0 Å². The van der Waals surface area contributed by atoms with Gasteiger partial charge in [-0.05, 0) is 30.2 Å². The summed E-state index contributed by atoms with van der Waals surface area (Å²) in [4.78, 5) is 0. The minimum atomic E-state index is 0.0917. The standard InChI is InChI=1S/C17H20O2/c1-13-4-8-15(9-5-13)17(19-3)12-14-6-10-16(18-2)11-7-14/h4-11,17H,12H2,1-3H3. The lowest BCUT2D eigenvalue weighted by Crippen LogP contribution is -2.05. The summed E-state index contributed by atoms with van der Waals surface area (Å²) in [6.45, 7) is 2.09. The largest absolute Gasteiger partial charge is 0.497 e. The van der Waals surface area contributed by atoms with E-state index in [0.717, 1.165) is 12.2 Å². The minimum Gasteiger partial charge on any atom is -0.497 e. The normalized spacial score (nSPS) is 12.2. The fraction of sp³-hybridized carbons (Fsp3) is 0.294. The molecule has 2 nitrogen and oxygen atoms in total. The van der Waals surface area contributed by atoms with Crippen LogP contribution < -0.4 is 4.74 Å². The molecule has 0 aliphatic rings. The zero-order valence-electron chi connectivity index (χ0n) is 11.7.